The monoisotopic (exact) mass is 361 g/mol. The van der Waals surface area contributed by atoms with E-state index in [-0.39, 0.29) is 18.1 Å². The standard InChI is InChI=1S/C22H23N3O2/c1-24-19-9-5-3-7-17(19)21(23-14-20(24)26)25-12-10-22(11-13-25)18-8-4-2-6-16(18)15-27-22/h2-9H,10-15H2,1H3. The predicted octanol–water partition coefficient (Wildman–Crippen LogP) is 2.93. The highest BCUT2D eigenvalue weighted by Crippen LogP contribution is 2.44. The lowest BCUT2D eigenvalue weighted by atomic mass is 9.83. The van der Waals surface area contributed by atoms with Gasteiger partial charge in [-0.25, -0.2) is 0 Å². The molecule has 1 spiro atoms. The Hall–Kier alpha value is -2.66. The van der Waals surface area contributed by atoms with Gasteiger partial charge in [-0.2, -0.15) is 0 Å². The zero-order valence-electron chi connectivity index (χ0n) is 15.5. The second kappa shape index (κ2) is 6.20. The third kappa shape index (κ3) is 2.57. The summed E-state index contributed by atoms with van der Waals surface area (Å²) in [5, 5.41) is 0. The maximum Gasteiger partial charge on any atom is 0.248 e. The van der Waals surface area contributed by atoms with Gasteiger partial charge >= 0.3 is 0 Å². The van der Waals surface area contributed by atoms with Crippen molar-refractivity contribution in [1.29, 1.82) is 0 Å². The smallest absolute Gasteiger partial charge is 0.248 e. The molecule has 1 saturated heterocycles. The molecule has 5 nitrogen and oxygen atoms in total. The number of fused-ring (bicyclic) bond motifs is 3. The first-order chi connectivity index (χ1) is 13.2. The number of amides is 1. The average Bonchev–Trinajstić information content (AvgIpc) is 3.01. The summed E-state index contributed by atoms with van der Waals surface area (Å²) in [6.07, 6.45) is 1.88. The molecule has 5 rings (SSSR count). The fraction of sp³-hybridized carbons (Fsp3) is 0.364. The van der Waals surface area contributed by atoms with Crippen LogP contribution in [0.15, 0.2) is 53.5 Å². The molecule has 5 heteroatoms. The Morgan fingerprint density at radius 2 is 1.78 bits per heavy atom. The number of aliphatic imine (C=N–C) groups is 1. The molecule has 2 aromatic carbocycles. The van der Waals surface area contributed by atoms with E-state index in [0.717, 1.165) is 43.0 Å². The summed E-state index contributed by atoms with van der Waals surface area (Å²) in [5.41, 5.74) is 4.47. The lowest BCUT2D eigenvalue weighted by molar-refractivity contribution is -0.116. The van der Waals surface area contributed by atoms with Crippen LogP contribution in [0.25, 0.3) is 0 Å². The van der Waals surface area contributed by atoms with E-state index in [1.807, 2.05) is 25.2 Å². The summed E-state index contributed by atoms with van der Waals surface area (Å²) in [6, 6.07) is 16.6. The molecule has 0 unspecified atom stereocenters. The van der Waals surface area contributed by atoms with Crippen molar-refractivity contribution in [3.05, 3.63) is 65.2 Å². The van der Waals surface area contributed by atoms with Crippen LogP contribution in [-0.4, -0.2) is 43.3 Å². The van der Waals surface area contributed by atoms with Crippen LogP contribution in [-0.2, 0) is 21.7 Å². The highest BCUT2D eigenvalue weighted by atomic mass is 16.5. The predicted molar refractivity (Wildman–Crippen MR) is 105 cm³/mol. The maximum atomic E-state index is 12.3. The summed E-state index contributed by atoms with van der Waals surface area (Å²) in [6.45, 7) is 2.65. The third-order valence-electron chi connectivity index (χ3n) is 6.13. The minimum atomic E-state index is -0.162. The van der Waals surface area contributed by atoms with Gasteiger partial charge in [-0.05, 0) is 36.1 Å². The number of carbonyl (C=O) groups excluding carboxylic acids is 1. The number of likely N-dealkylation sites (tertiary alicyclic amines) is 1. The number of ether oxygens (including phenoxy) is 1. The highest BCUT2D eigenvalue weighted by molar-refractivity contribution is 6.10. The van der Waals surface area contributed by atoms with E-state index in [0.29, 0.717) is 6.61 Å². The molecule has 27 heavy (non-hydrogen) atoms. The Kier molecular flexibility index (Phi) is 3.79. The molecule has 0 aromatic heterocycles. The van der Waals surface area contributed by atoms with E-state index in [1.165, 1.54) is 11.1 Å². The second-order valence-electron chi connectivity index (χ2n) is 7.54. The number of benzodiazepines with no additional fused rings is 1. The van der Waals surface area contributed by atoms with Crippen LogP contribution in [0.3, 0.4) is 0 Å². The van der Waals surface area contributed by atoms with Crippen LogP contribution in [0, 0.1) is 0 Å². The molecule has 138 valence electrons. The van der Waals surface area contributed by atoms with Gasteiger partial charge in [-0.3, -0.25) is 9.79 Å². The van der Waals surface area contributed by atoms with Crippen LogP contribution in [0.5, 0.6) is 0 Å². The van der Waals surface area contributed by atoms with Crippen molar-refractivity contribution in [2.45, 2.75) is 25.0 Å². The molecule has 0 radical (unpaired) electrons. The van der Waals surface area contributed by atoms with E-state index in [9.17, 15) is 4.79 Å². The topological polar surface area (TPSA) is 45.1 Å². The molecule has 0 aliphatic carbocycles. The number of benzene rings is 2. The third-order valence-corrected chi connectivity index (χ3v) is 6.13. The SMILES string of the molecule is CN1C(=O)CN=C(N2CCC3(CC2)OCc2ccccc23)c2ccccc21. The van der Waals surface area contributed by atoms with Crippen LogP contribution in [0.1, 0.15) is 29.5 Å². The van der Waals surface area contributed by atoms with E-state index in [4.69, 9.17) is 4.74 Å². The average molecular weight is 361 g/mol. The van der Waals surface area contributed by atoms with E-state index < -0.39 is 0 Å². The molecule has 3 aliphatic rings. The molecular formula is C22H23N3O2. The molecular weight excluding hydrogens is 338 g/mol. The largest absolute Gasteiger partial charge is 0.365 e. The van der Waals surface area contributed by atoms with Crippen LogP contribution >= 0.6 is 0 Å². The molecule has 1 fully saturated rings. The van der Waals surface area contributed by atoms with E-state index in [1.54, 1.807) is 4.90 Å². The van der Waals surface area contributed by atoms with Crippen molar-refractivity contribution >= 4 is 17.4 Å². The number of rotatable bonds is 0. The number of likely N-dealkylation sites (N-methyl/N-ethyl adjacent to an activating group) is 1. The van der Waals surface area contributed by atoms with Gasteiger partial charge < -0.3 is 14.5 Å². The normalized spacial score (nSPS) is 20.9. The first kappa shape index (κ1) is 16.5. The second-order valence-corrected chi connectivity index (χ2v) is 7.54. The van der Waals surface area contributed by atoms with Crippen molar-refractivity contribution in [3.8, 4) is 0 Å². The Morgan fingerprint density at radius 3 is 2.63 bits per heavy atom. The van der Waals surface area contributed by atoms with Gasteiger partial charge in [-0.15, -0.1) is 0 Å². The van der Waals surface area contributed by atoms with E-state index >= 15 is 0 Å². The Labute approximate surface area is 159 Å². The molecule has 0 atom stereocenters. The van der Waals surface area contributed by atoms with Gasteiger partial charge in [0.05, 0.1) is 17.9 Å². The van der Waals surface area contributed by atoms with Gasteiger partial charge in [-0.1, -0.05) is 36.4 Å². The summed E-state index contributed by atoms with van der Waals surface area (Å²) in [7, 11) is 1.83. The van der Waals surface area contributed by atoms with Gasteiger partial charge in [0.25, 0.3) is 0 Å². The van der Waals surface area contributed by atoms with Crippen LogP contribution in [0.2, 0.25) is 0 Å². The van der Waals surface area contributed by atoms with Crippen LogP contribution < -0.4 is 4.90 Å². The number of hydrogen-bond acceptors (Lipinski definition) is 4. The fourth-order valence-corrected chi connectivity index (χ4v) is 4.57. The zero-order valence-corrected chi connectivity index (χ0v) is 15.5. The quantitative estimate of drug-likeness (QED) is 0.725. The highest BCUT2D eigenvalue weighted by Gasteiger charge is 2.43. The first-order valence-electron chi connectivity index (χ1n) is 9.56. The van der Waals surface area contributed by atoms with Crippen molar-refractivity contribution < 1.29 is 9.53 Å². The first-order valence-corrected chi connectivity index (χ1v) is 9.56. The molecule has 2 aromatic rings. The van der Waals surface area contributed by atoms with Crippen molar-refractivity contribution in [2.75, 3.05) is 31.6 Å². The van der Waals surface area contributed by atoms with Crippen molar-refractivity contribution in [1.82, 2.24) is 4.90 Å². The lowest BCUT2D eigenvalue weighted by Gasteiger charge is -2.40. The molecule has 0 bridgehead atoms. The number of piperidine rings is 1. The minimum absolute atomic E-state index is 0.0268. The lowest BCUT2D eigenvalue weighted by Crippen LogP contribution is -2.45. The summed E-state index contributed by atoms with van der Waals surface area (Å²) >= 11 is 0. The summed E-state index contributed by atoms with van der Waals surface area (Å²) in [5.74, 6) is 0.961. The number of hydrogen-bond donors (Lipinski definition) is 0. The summed E-state index contributed by atoms with van der Waals surface area (Å²) < 4.78 is 6.29. The van der Waals surface area contributed by atoms with Crippen molar-refractivity contribution in [3.63, 3.8) is 0 Å². The summed E-state index contributed by atoms with van der Waals surface area (Å²) in [4.78, 5) is 21.1. The fourth-order valence-electron chi connectivity index (χ4n) is 4.57. The van der Waals surface area contributed by atoms with Gasteiger partial charge in [0.15, 0.2) is 0 Å². The molecule has 3 heterocycles. The molecule has 0 saturated carbocycles. The van der Waals surface area contributed by atoms with Crippen LogP contribution in [0.4, 0.5) is 5.69 Å². The number of para-hydroxylation sites is 1. The number of nitrogens with zero attached hydrogens (tertiary/aromatic N) is 3. The maximum absolute atomic E-state index is 12.3. The van der Waals surface area contributed by atoms with E-state index in [2.05, 4.69) is 40.2 Å². The zero-order chi connectivity index (χ0) is 18.4. The van der Waals surface area contributed by atoms with Gasteiger partial charge in [0.1, 0.15) is 12.4 Å². The number of carbonyl (C=O) groups is 1. The Balaban J connectivity index is 1.43. The molecule has 3 aliphatic heterocycles. The number of amidine groups is 1. The molecule has 0 N–H and O–H groups in total. The Morgan fingerprint density at radius 1 is 1.04 bits per heavy atom. The minimum Gasteiger partial charge on any atom is -0.365 e. The Bertz CT molecular complexity index is 929. The van der Waals surface area contributed by atoms with Crippen molar-refractivity contribution in [2.24, 2.45) is 4.99 Å². The molecule has 1 amide bonds. The van der Waals surface area contributed by atoms with Gasteiger partial charge in [0, 0.05) is 25.7 Å². The van der Waals surface area contributed by atoms with Gasteiger partial charge in [0.2, 0.25) is 5.91 Å². The number of anilines is 1.